The Bertz CT molecular complexity index is 390. The van der Waals surface area contributed by atoms with E-state index >= 15 is 0 Å². The van der Waals surface area contributed by atoms with E-state index in [0.717, 1.165) is 18.5 Å². The second kappa shape index (κ2) is 4.84. The summed E-state index contributed by atoms with van der Waals surface area (Å²) in [6, 6.07) is 5.71. The molecule has 2 N–H and O–H groups in total. The van der Waals surface area contributed by atoms with Crippen LogP contribution in [0, 0.1) is 11.3 Å². The molecule has 1 aromatic rings. The van der Waals surface area contributed by atoms with Gasteiger partial charge in [0.15, 0.2) is 0 Å². The fourth-order valence-electron chi connectivity index (χ4n) is 2.37. The van der Waals surface area contributed by atoms with Crippen LogP contribution in [0.3, 0.4) is 0 Å². The molecule has 4 heteroatoms. The summed E-state index contributed by atoms with van der Waals surface area (Å²) in [5, 5.41) is 0. The Kier molecular flexibility index (Phi) is 3.43. The molecule has 1 unspecified atom stereocenters. The van der Waals surface area contributed by atoms with Crippen LogP contribution in [0.2, 0.25) is 0 Å². The van der Waals surface area contributed by atoms with E-state index in [4.69, 9.17) is 10.5 Å². The van der Waals surface area contributed by atoms with Crippen molar-refractivity contribution in [1.29, 1.82) is 0 Å². The number of aromatic nitrogens is 1. The van der Waals surface area contributed by atoms with Gasteiger partial charge in [0.05, 0.1) is 12.5 Å². The highest BCUT2D eigenvalue weighted by atomic mass is 16.5. The largest absolute Gasteiger partial charge is 0.469 e. The van der Waals surface area contributed by atoms with Crippen molar-refractivity contribution in [3.8, 4) is 0 Å². The van der Waals surface area contributed by atoms with E-state index in [2.05, 4.69) is 4.98 Å². The summed E-state index contributed by atoms with van der Waals surface area (Å²) in [6.07, 6.45) is 4.42. The number of hydrogen-bond acceptors (Lipinski definition) is 4. The first-order valence-electron chi connectivity index (χ1n) is 5.91. The summed E-state index contributed by atoms with van der Waals surface area (Å²) in [6.45, 7) is 0.320. The molecule has 17 heavy (non-hydrogen) atoms. The number of pyridine rings is 1. The Morgan fingerprint density at radius 3 is 2.82 bits per heavy atom. The molecule has 1 aliphatic carbocycles. The second-order valence-corrected chi connectivity index (χ2v) is 4.62. The minimum atomic E-state index is -0.580. The van der Waals surface area contributed by atoms with Crippen LogP contribution in [0.15, 0.2) is 24.4 Å². The first-order valence-corrected chi connectivity index (χ1v) is 5.91. The molecule has 1 saturated carbocycles. The minimum Gasteiger partial charge on any atom is -0.469 e. The van der Waals surface area contributed by atoms with Crippen LogP contribution < -0.4 is 5.73 Å². The number of carbonyl (C=O) groups excluding carboxylic acids is 1. The van der Waals surface area contributed by atoms with Crippen molar-refractivity contribution in [3.63, 3.8) is 0 Å². The fraction of sp³-hybridized carbons (Fsp3) is 0.538. The van der Waals surface area contributed by atoms with Gasteiger partial charge in [0, 0.05) is 24.9 Å². The van der Waals surface area contributed by atoms with Crippen LogP contribution in [0.5, 0.6) is 0 Å². The number of carbonyl (C=O) groups is 1. The molecule has 4 nitrogen and oxygen atoms in total. The summed E-state index contributed by atoms with van der Waals surface area (Å²) < 4.78 is 4.93. The van der Waals surface area contributed by atoms with Gasteiger partial charge < -0.3 is 10.5 Å². The van der Waals surface area contributed by atoms with Crippen LogP contribution in [0.1, 0.15) is 18.5 Å². The predicted octanol–water partition coefficient (Wildman–Crippen LogP) is 1.15. The Balaban J connectivity index is 2.24. The molecule has 1 aromatic heterocycles. The monoisotopic (exact) mass is 234 g/mol. The van der Waals surface area contributed by atoms with Crippen LogP contribution >= 0.6 is 0 Å². The summed E-state index contributed by atoms with van der Waals surface area (Å²) in [4.78, 5) is 16.3. The average molecular weight is 234 g/mol. The lowest BCUT2D eigenvalue weighted by molar-refractivity contribution is -0.153. The van der Waals surface area contributed by atoms with E-state index in [1.807, 2.05) is 18.2 Å². The highest BCUT2D eigenvalue weighted by molar-refractivity contribution is 5.78. The maximum absolute atomic E-state index is 12.0. The standard InChI is InChI=1S/C13H18N2O2/c1-17-12(16)13(9-14,10-5-6-10)8-11-4-2-3-7-15-11/h2-4,7,10H,5-6,8-9,14H2,1H3. The lowest BCUT2D eigenvalue weighted by Gasteiger charge is -2.29. The zero-order valence-corrected chi connectivity index (χ0v) is 10.1. The third kappa shape index (κ3) is 2.31. The van der Waals surface area contributed by atoms with Gasteiger partial charge in [0.2, 0.25) is 0 Å². The van der Waals surface area contributed by atoms with Crippen molar-refractivity contribution in [2.45, 2.75) is 19.3 Å². The molecule has 1 fully saturated rings. The maximum Gasteiger partial charge on any atom is 0.313 e. The number of rotatable bonds is 5. The molecule has 1 heterocycles. The quantitative estimate of drug-likeness (QED) is 0.776. The van der Waals surface area contributed by atoms with E-state index < -0.39 is 5.41 Å². The predicted molar refractivity (Wildman–Crippen MR) is 64.2 cm³/mol. The molecule has 0 spiro atoms. The number of hydrogen-bond donors (Lipinski definition) is 1. The van der Waals surface area contributed by atoms with Gasteiger partial charge in [-0.1, -0.05) is 6.07 Å². The summed E-state index contributed by atoms with van der Waals surface area (Å²) in [7, 11) is 1.42. The first-order chi connectivity index (χ1) is 8.23. The van der Waals surface area contributed by atoms with Gasteiger partial charge in [-0.15, -0.1) is 0 Å². The van der Waals surface area contributed by atoms with Gasteiger partial charge in [-0.05, 0) is 30.9 Å². The first kappa shape index (κ1) is 12.0. The SMILES string of the molecule is COC(=O)C(CN)(Cc1ccccn1)C1CC1. The van der Waals surface area contributed by atoms with Crippen LogP contribution in [-0.2, 0) is 16.0 Å². The van der Waals surface area contributed by atoms with E-state index in [1.54, 1.807) is 6.20 Å². The van der Waals surface area contributed by atoms with Crippen LogP contribution in [-0.4, -0.2) is 24.6 Å². The number of methoxy groups -OCH3 is 1. The maximum atomic E-state index is 12.0. The molecule has 0 saturated heterocycles. The molecule has 0 amide bonds. The van der Waals surface area contributed by atoms with Gasteiger partial charge in [-0.25, -0.2) is 0 Å². The molecule has 0 aliphatic heterocycles. The van der Waals surface area contributed by atoms with Gasteiger partial charge in [-0.3, -0.25) is 9.78 Å². The van der Waals surface area contributed by atoms with E-state index in [-0.39, 0.29) is 5.97 Å². The summed E-state index contributed by atoms with van der Waals surface area (Å²) >= 11 is 0. The topological polar surface area (TPSA) is 65.2 Å². The lowest BCUT2D eigenvalue weighted by atomic mass is 9.78. The van der Waals surface area contributed by atoms with Gasteiger partial charge in [0.25, 0.3) is 0 Å². The van der Waals surface area contributed by atoms with E-state index in [1.165, 1.54) is 7.11 Å². The van der Waals surface area contributed by atoms with Gasteiger partial charge in [-0.2, -0.15) is 0 Å². The highest BCUT2D eigenvalue weighted by Crippen LogP contribution is 2.47. The summed E-state index contributed by atoms with van der Waals surface area (Å²) in [5.74, 6) is 0.148. The molecule has 0 bridgehead atoms. The average Bonchev–Trinajstić information content (AvgIpc) is 3.21. The molecule has 2 rings (SSSR count). The zero-order valence-electron chi connectivity index (χ0n) is 10.1. The molecule has 0 aromatic carbocycles. The summed E-state index contributed by atoms with van der Waals surface area (Å²) in [5.41, 5.74) is 6.16. The Morgan fingerprint density at radius 2 is 2.35 bits per heavy atom. The molecule has 92 valence electrons. The Hall–Kier alpha value is -1.42. The van der Waals surface area contributed by atoms with Crippen molar-refractivity contribution in [3.05, 3.63) is 30.1 Å². The number of ether oxygens (including phenoxy) is 1. The van der Waals surface area contributed by atoms with Crippen molar-refractivity contribution < 1.29 is 9.53 Å². The minimum absolute atomic E-state index is 0.201. The second-order valence-electron chi connectivity index (χ2n) is 4.62. The lowest BCUT2D eigenvalue weighted by Crippen LogP contribution is -2.43. The Morgan fingerprint density at radius 1 is 1.59 bits per heavy atom. The van der Waals surface area contributed by atoms with Crippen molar-refractivity contribution in [1.82, 2.24) is 4.98 Å². The van der Waals surface area contributed by atoms with Crippen molar-refractivity contribution in [2.75, 3.05) is 13.7 Å². The fourth-order valence-corrected chi connectivity index (χ4v) is 2.37. The third-order valence-corrected chi connectivity index (χ3v) is 3.54. The Labute approximate surface area is 101 Å². The third-order valence-electron chi connectivity index (χ3n) is 3.54. The van der Waals surface area contributed by atoms with Gasteiger partial charge in [0.1, 0.15) is 0 Å². The smallest absolute Gasteiger partial charge is 0.313 e. The van der Waals surface area contributed by atoms with E-state index in [0.29, 0.717) is 18.9 Å². The number of esters is 1. The van der Waals surface area contributed by atoms with Crippen molar-refractivity contribution >= 4 is 5.97 Å². The van der Waals surface area contributed by atoms with Gasteiger partial charge >= 0.3 is 5.97 Å². The normalized spacial score (nSPS) is 18.5. The zero-order chi connectivity index (χ0) is 12.3. The molecular formula is C13H18N2O2. The number of nitrogens with zero attached hydrogens (tertiary/aromatic N) is 1. The number of nitrogens with two attached hydrogens (primary N) is 1. The molecular weight excluding hydrogens is 216 g/mol. The van der Waals surface area contributed by atoms with E-state index in [9.17, 15) is 4.79 Å². The highest BCUT2D eigenvalue weighted by Gasteiger charge is 2.51. The van der Waals surface area contributed by atoms with Crippen molar-refractivity contribution in [2.24, 2.45) is 17.1 Å². The molecule has 1 aliphatic rings. The van der Waals surface area contributed by atoms with Crippen LogP contribution in [0.25, 0.3) is 0 Å². The van der Waals surface area contributed by atoms with Crippen LogP contribution in [0.4, 0.5) is 0 Å². The molecule has 1 atom stereocenters. The molecule has 0 radical (unpaired) electrons.